The zero-order valence-electron chi connectivity index (χ0n) is 21.7. The SMILES string of the molecule is Cc1ccc(CN(c2ccc(OCC(=O)N(Cc3ccccc3)Cc3ccccc3)cc2)S(C)(=O)=O)cc1. The van der Waals surface area contributed by atoms with Crippen molar-refractivity contribution >= 4 is 21.6 Å². The molecule has 0 fully saturated rings. The first-order valence-corrected chi connectivity index (χ1v) is 14.2. The minimum atomic E-state index is -3.50. The molecular weight excluding hydrogens is 496 g/mol. The molecule has 0 bridgehead atoms. The van der Waals surface area contributed by atoms with Crippen LogP contribution in [-0.4, -0.2) is 32.1 Å². The minimum absolute atomic E-state index is 0.127. The highest BCUT2D eigenvalue weighted by Crippen LogP contribution is 2.24. The number of amides is 1. The van der Waals surface area contributed by atoms with Gasteiger partial charge in [0.25, 0.3) is 5.91 Å². The number of nitrogens with zero attached hydrogens (tertiary/aromatic N) is 2. The lowest BCUT2D eigenvalue weighted by Gasteiger charge is -2.24. The monoisotopic (exact) mass is 528 g/mol. The third-order valence-electron chi connectivity index (χ3n) is 6.12. The van der Waals surface area contributed by atoms with E-state index >= 15 is 0 Å². The van der Waals surface area contributed by atoms with E-state index in [2.05, 4.69) is 0 Å². The Morgan fingerprint density at radius 3 is 1.68 bits per heavy atom. The van der Waals surface area contributed by atoms with E-state index in [0.29, 0.717) is 24.5 Å². The molecule has 0 aliphatic rings. The van der Waals surface area contributed by atoms with Crippen molar-refractivity contribution in [2.24, 2.45) is 0 Å². The molecule has 0 N–H and O–H groups in total. The van der Waals surface area contributed by atoms with Gasteiger partial charge >= 0.3 is 0 Å². The van der Waals surface area contributed by atoms with Crippen molar-refractivity contribution < 1.29 is 17.9 Å². The lowest BCUT2D eigenvalue weighted by Crippen LogP contribution is -2.34. The third kappa shape index (κ3) is 7.70. The number of benzene rings is 4. The average Bonchev–Trinajstić information content (AvgIpc) is 2.92. The van der Waals surface area contributed by atoms with Crippen LogP contribution in [0.5, 0.6) is 5.75 Å². The number of sulfonamides is 1. The van der Waals surface area contributed by atoms with E-state index in [1.54, 1.807) is 29.2 Å². The van der Waals surface area contributed by atoms with Crippen LogP contribution in [0, 0.1) is 6.92 Å². The molecule has 38 heavy (non-hydrogen) atoms. The summed E-state index contributed by atoms with van der Waals surface area (Å²) in [7, 11) is -3.50. The number of ether oxygens (including phenoxy) is 1. The van der Waals surface area contributed by atoms with Crippen LogP contribution in [0.4, 0.5) is 5.69 Å². The van der Waals surface area contributed by atoms with E-state index in [-0.39, 0.29) is 19.1 Å². The Hall–Kier alpha value is -4.10. The van der Waals surface area contributed by atoms with Crippen LogP contribution >= 0.6 is 0 Å². The number of carbonyl (C=O) groups excluding carboxylic acids is 1. The summed E-state index contributed by atoms with van der Waals surface area (Å²) in [6.45, 7) is 3.03. The number of anilines is 1. The van der Waals surface area contributed by atoms with Gasteiger partial charge < -0.3 is 9.64 Å². The Labute approximate surface area is 225 Å². The van der Waals surface area contributed by atoms with Crippen molar-refractivity contribution in [2.75, 3.05) is 17.2 Å². The Kier molecular flexibility index (Phi) is 8.81. The zero-order valence-corrected chi connectivity index (χ0v) is 22.5. The van der Waals surface area contributed by atoms with Gasteiger partial charge in [-0.1, -0.05) is 90.5 Å². The van der Waals surface area contributed by atoms with Crippen LogP contribution < -0.4 is 9.04 Å². The van der Waals surface area contributed by atoms with Gasteiger partial charge in [0.2, 0.25) is 10.0 Å². The van der Waals surface area contributed by atoms with Crippen LogP contribution in [0.25, 0.3) is 0 Å². The number of carbonyl (C=O) groups is 1. The molecule has 0 spiro atoms. The molecule has 0 saturated heterocycles. The fraction of sp³-hybridized carbons (Fsp3) is 0.194. The Morgan fingerprint density at radius 2 is 1.18 bits per heavy atom. The van der Waals surface area contributed by atoms with Gasteiger partial charge in [0.1, 0.15) is 5.75 Å². The lowest BCUT2D eigenvalue weighted by molar-refractivity contribution is -0.134. The molecule has 4 aromatic carbocycles. The zero-order chi connectivity index (χ0) is 27.0. The van der Waals surface area contributed by atoms with Crippen molar-refractivity contribution in [2.45, 2.75) is 26.6 Å². The molecule has 1 amide bonds. The fourth-order valence-corrected chi connectivity index (χ4v) is 4.93. The summed E-state index contributed by atoms with van der Waals surface area (Å²) in [5, 5.41) is 0. The second kappa shape index (κ2) is 12.4. The summed E-state index contributed by atoms with van der Waals surface area (Å²) < 4.78 is 32.2. The molecule has 0 aliphatic carbocycles. The van der Waals surface area contributed by atoms with Gasteiger partial charge in [-0.15, -0.1) is 0 Å². The van der Waals surface area contributed by atoms with Gasteiger partial charge in [0, 0.05) is 13.1 Å². The van der Waals surface area contributed by atoms with Crippen LogP contribution in [0.3, 0.4) is 0 Å². The molecule has 4 rings (SSSR count). The number of hydrogen-bond donors (Lipinski definition) is 0. The first-order chi connectivity index (χ1) is 18.3. The number of aryl methyl sites for hydroxylation is 1. The van der Waals surface area contributed by atoms with E-state index in [1.165, 1.54) is 10.6 Å². The summed E-state index contributed by atoms with van der Waals surface area (Å²) in [6, 6.07) is 34.2. The summed E-state index contributed by atoms with van der Waals surface area (Å²) in [4.78, 5) is 14.9. The summed E-state index contributed by atoms with van der Waals surface area (Å²) >= 11 is 0. The van der Waals surface area contributed by atoms with Gasteiger partial charge in [-0.05, 0) is 47.9 Å². The molecule has 0 heterocycles. The highest BCUT2D eigenvalue weighted by molar-refractivity contribution is 7.92. The minimum Gasteiger partial charge on any atom is -0.484 e. The molecule has 0 aromatic heterocycles. The highest BCUT2D eigenvalue weighted by atomic mass is 32.2. The van der Waals surface area contributed by atoms with Gasteiger partial charge in [-0.25, -0.2) is 8.42 Å². The van der Waals surface area contributed by atoms with E-state index in [9.17, 15) is 13.2 Å². The quantitative estimate of drug-likeness (QED) is 0.255. The first-order valence-electron chi connectivity index (χ1n) is 12.4. The van der Waals surface area contributed by atoms with Gasteiger partial charge in [-0.2, -0.15) is 0 Å². The fourth-order valence-electron chi connectivity index (χ4n) is 4.04. The first kappa shape index (κ1) is 26.9. The molecule has 0 radical (unpaired) electrons. The van der Waals surface area contributed by atoms with Crippen LogP contribution in [0.15, 0.2) is 109 Å². The second-order valence-electron chi connectivity index (χ2n) is 9.26. The topological polar surface area (TPSA) is 66.9 Å². The van der Waals surface area contributed by atoms with Crippen molar-refractivity contribution in [3.8, 4) is 5.75 Å². The molecule has 0 saturated carbocycles. The predicted octanol–water partition coefficient (Wildman–Crippen LogP) is 5.57. The average molecular weight is 529 g/mol. The molecule has 0 aliphatic heterocycles. The van der Waals surface area contributed by atoms with Crippen molar-refractivity contribution in [1.29, 1.82) is 0 Å². The van der Waals surface area contributed by atoms with Gasteiger partial charge in [-0.3, -0.25) is 9.10 Å². The van der Waals surface area contributed by atoms with Gasteiger partial charge in [0.15, 0.2) is 6.61 Å². The normalized spacial score (nSPS) is 11.1. The number of hydrogen-bond acceptors (Lipinski definition) is 4. The van der Waals surface area contributed by atoms with Crippen molar-refractivity contribution in [3.63, 3.8) is 0 Å². The summed E-state index contributed by atoms with van der Waals surface area (Å²) in [5.74, 6) is 0.351. The largest absolute Gasteiger partial charge is 0.484 e. The molecule has 0 unspecified atom stereocenters. The molecule has 196 valence electrons. The smallest absolute Gasteiger partial charge is 0.261 e. The Bertz CT molecular complexity index is 1380. The van der Waals surface area contributed by atoms with E-state index in [0.717, 1.165) is 22.3 Å². The molecule has 4 aromatic rings. The van der Waals surface area contributed by atoms with E-state index in [1.807, 2.05) is 91.9 Å². The van der Waals surface area contributed by atoms with Crippen molar-refractivity contribution in [3.05, 3.63) is 131 Å². The van der Waals surface area contributed by atoms with Gasteiger partial charge in [0.05, 0.1) is 18.5 Å². The maximum atomic E-state index is 13.2. The van der Waals surface area contributed by atoms with Crippen LogP contribution in [-0.2, 0) is 34.5 Å². The van der Waals surface area contributed by atoms with E-state index in [4.69, 9.17) is 4.74 Å². The molecule has 0 atom stereocenters. The van der Waals surface area contributed by atoms with Crippen LogP contribution in [0.2, 0.25) is 0 Å². The Morgan fingerprint density at radius 1 is 0.684 bits per heavy atom. The summed E-state index contributed by atoms with van der Waals surface area (Å²) in [5.41, 5.74) is 4.61. The predicted molar refractivity (Wildman–Crippen MR) is 151 cm³/mol. The molecular formula is C31H32N2O4S. The highest BCUT2D eigenvalue weighted by Gasteiger charge is 2.19. The van der Waals surface area contributed by atoms with E-state index < -0.39 is 10.0 Å². The van der Waals surface area contributed by atoms with Crippen LogP contribution in [0.1, 0.15) is 22.3 Å². The summed E-state index contributed by atoms with van der Waals surface area (Å²) in [6.07, 6.45) is 1.19. The van der Waals surface area contributed by atoms with Crippen molar-refractivity contribution in [1.82, 2.24) is 4.90 Å². The second-order valence-corrected chi connectivity index (χ2v) is 11.2. The molecule has 6 nitrogen and oxygen atoms in total. The number of rotatable bonds is 11. The standard InChI is InChI=1S/C31H32N2O4S/c1-25-13-15-28(16-14-25)23-33(38(2,35)36)29-17-19-30(20-18-29)37-24-31(34)32(21-26-9-5-3-6-10-26)22-27-11-7-4-8-12-27/h3-20H,21-24H2,1-2H3. The maximum Gasteiger partial charge on any atom is 0.261 e. The molecule has 7 heteroatoms. The third-order valence-corrected chi connectivity index (χ3v) is 7.26. The Balaban J connectivity index is 1.43. The lowest BCUT2D eigenvalue weighted by atomic mass is 10.1. The maximum absolute atomic E-state index is 13.2.